The molecule has 1 amide bonds. The van der Waals surface area contributed by atoms with Gasteiger partial charge in [-0.15, -0.1) is 0 Å². The lowest BCUT2D eigenvalue weighted by atomic mass is 10.1. The van der Waals surface area contributed by atoms with E-state index in [1.807, 2.05) is 18.2 Å². The van der Waals surface area contributed by atoms with Gasteiger partial charge in [0.05, 0.1) is 29.3 Å². The van der Waals surface area contributed by atoms with Gasteiger partial charge in [0.2, 0.25) is 0 Å². The molecular formula is C18H14N4O2. The minimum absolute atomic E-state index is 0.173. The lowest BCUT2D eigenvalue weighted by Crippen LogP contribution is -2.27. The van der Waals surface area contributed by atoms with Crippen molar-refractivity contribution in [2.75, 3.05) is 0 Å². The molecule has 1 N–H and O–H groups in total. The number of carbonyl (C=O) groups is 1. The van der Waals surface area contributed by atoms with Crippen LogP contribution in [0.1, 0.15) is 21.6 Å². The molecule has 0 unspecified atom stereocenters. The van der Waals surface area contributed by atoms with E-state index >= 15 is 0 Å². The summed E-state index contributed by atoms with van der Waals surface area (Å²) in [5.41, 5.74) is 1.41. The van der Waals surface area contributed by atoms with Crippen molar-refractivity contribution < 1.29 is 4.79 Å². The van der Waals surface area contributed by atoms with Gasteiger partial charge < -0.3 is 5.32 Å². The van der Waals surface area contributed by atoms with Gasteiger partial charge in [-0.3, -0.25) is 9.59 Å². The molecule has 24 heavy (non-hydrogen) atoms. The molecule has 0 fully saturated rings. The molecule has 0 aliphatic rings. The average molecular weight is 318 g/mol. The predicted octanol–water partition coefficient (Wildman–Crippen LogP) is 1.74. The van der Waals surface area contributed by atoms with E-state index in [-0.39, 0.29) is 18.0 Å². The van der Waals surface area contributed by atoms with Gasteiger partial charge in [-0.1, -0.05) is 18.2 Å². The second-order valence-electron chi connectivity index (χ2n) is 5.29. The van der Waals surface area contributed by atoms with E-state index < -0.39 is 0 Å². The molecule has 0 saturated heterocycles. The summed E-state index contributed by atoms with van der Waals surface area (Å²) in [6, 6.07) is 15.6. The number of nitrogens with one attached hydrogen (secondary N) is 1. The highest BCUT2D eigenvalue weighted by molar-refractivity contribution is 5.94. The molecule has 6 heteroatoms. The summed E-state index contributed by atoms with van der Waals surface area (Å²) in [4.78, 5) is 24.3. The molecule has 1 heterocycles. The Labute approximate surface area is 138 Å². The van der Waals surface area contributed by atoms with E-state index in [2.05, 4.69) is 10.4 Å². The van der Waals surface area contributed by atoms with Crippen molar-refractivity contribution in [3.63, 3.8) is 0 Å². The standard InChI is InChI=1S/C18H14N4O2/c1-22-18(24)15-5-3-2-4-14(15)16(21-22)11-20-17(23)13-8-6-12(10-19)7-9-13/h2-9H,11H2,1H3,(H,20,23). The Balaban J connectivity index is 1.85. The number of nitriles is 1. The maximum absolute atomic E-state index is 12.2. The molecule has 3 aromatic rings. The number of rotatable bonds is 3. The summed E-state index contributed by atoms with van der Waals surface area (Å²) in [6.45, 7) is 0.202. The van der Waals surface area contributed by atoms with Gasteiger partial charge in [0.1, 0.15) is 0 Å². The quantitative estimate of drug-likeness (QED) is 0.796. The highest BCUT2D eigenvalue weighted by Crippen LogP contribution is 2.13. The monoisotopic (exact) mass is 318 g/mol. The first-order chi connectivity index (χ1) is 11.6. The fraction of sp³-hybridized carbons (Fsp3) is 0.111. The van der Waals surface area contributed by atoms with Crippen LogP contribution in [0.2, 0.25) is 0 Å². The topological polar surface area (TPSA) is 87.8 Å². The number of nitrogens with zero attached hydrogens (tertiary/aromatic N) is 3. The van der Waals surface area contributed by atoms with Gasteiger partial charge in [-0.2, -0.15) is 10.4 Å². The van der Waals surface area contributed by atoms with E-state index in [1.54, 1.807) is 43.4 Å². The van der Waals surface area contributed by atoms with Crippen LogP contribution in [0.3, 0.4) is 0 Å². The predicted molar refractivity (Wildman–Crippen MR) is 89.3 cm³/mol. The lowest BCUT2D eigenvalue weighted by molar-refractivity contribution is 0.0950. The van der Waals surface area contributed by atoms with Crippen LogP contribution in [0.5, 0.6) is 0 Å². The molecule has 2 aromatic carbocycles. The van der Waals surface area contributed by atoms with Crippen LogP contribution in [0.4, 0.5) is 0 Å². The minimum atomic E-state index is -0.265. The maximum atomic E-state index is 12.2. The number of fused-ring (bicyclic) bond motifs is 1. The summed E-state index contributed by atoms with van der Waals surface area (Å²) in [5, 5.41) is 17.1. The van der Waals surface area contributed by atoms with Gasteiger partial charge in [0, 0.05) is 18.0 Å². The molecular weight excluding hydrogens is 304 g/mol. The Hall–Kier alpha value is -3.46. The van der Waals surface area contributed by atoms with Crippen molar-refractivity contribution in [2.24, 2.45) is 7.05 Å². The number of aryl methyl sites for hydroxylation is 1. The Bertz CT molecular complexity index is 1010. The summed E-state index contributed by atoms with van der Waals surface area (Å²) < 4.78 is 1.27. The van der Waals surface area contributed by atoms with E-state index in [9.17, 15) is 9.59 Å². The summed E-state index contributed by atoms with van der Waals surface area (Å²) in [5.74, 6) is -0.265. The van der Waals surface area contributed by atoms with Crippen LogP contribution < -0.4 is 10.9 Å². The van der Waals surface area contributed by atoms with E-state index in [0.29, 0.717) is 22.2 Å². The van der Waals surface area contributed by atoms with Crippen molar-refractivity contribution in [1.29, 1.82) is 5.26 Å². The molecule has 1 aromatic heterocycles. The van der Waals surface area contributed by atoms with Crippen LogP contribution >= 0.6 is 0 Å². The van der Waals surface area contributed by atoms with Crippen molar-refractivity contribution >= 4 is 16.7 Å². The third kappa shape index (κ3) is 2.88. The van der Waals surface area contributed by atoms with Crippen molar-refractivity contribution in [2.45, 2.75) is 6.54 Å². The molecule has 0 bridgehead atoms. The second kappa shape index (κ2) is 6.34. The van der Waals surface area contributed by atoms with E-state index in [0.717, 1.165) is 5.39 Å². The molecule has 0 aliphatic heterocycles. The number of amides is 1. The zero-order valence-electron chi connectivity index (χ0n) is 13.0. The molecule has 0 spiro atoms. The summed E-state index contributed by atoms with van der Waals surface area (Å²) in [6.07, 6.45) is 0. The van der Waals surface area contributed by atoms with Gasteiger partial charge >= 0.3 is 0 Å². The van der Waals surface area contributed by atoms with Crippen molar-refractivity contribution in [3.8, 4) is 6.07 Å². The highest BCUT2D eigenvalue weighted by Gasteiger charge is 2.10. The highest BCUT2D eigenvalue weighted by atomic mass is 16.1. The average Bonchev–Trinajstić information content (AvgIpc) is 2.63. The van der Waals surface area contributed by atoms with Crippen LogP contribution in [0.15, 0.2) is 53.3 Å². The van der Waals surface area contributed by atoms with Crippen LogP contribution in [0.25, 0.3) is 10.8 Å². The number of benzene rings is 2. The third-order valence-electron chi connectivity index (χ3n) is 3.73. The fourth-order valence-electron chi connectivity index (χ4n) is 2.47. The van der Waals surface area contributed by atoms with Crippen molar-refractivity contribution in [3.05, 3.63) is 75.7 Å². The first kappa shape index (κ1) is 15.4. The van der Waals surface area contributed by atoms with E-state index in [1.165, 1.54) is 4.68 Å². The first-order valence-electron chi connectivity index (χ1n) is 7.33. The summed E-state index contributed by atoms with van der Waals surface area (Å²) >= 11 is 0. The maximum Gasteiger partial charge on any atom is 0.274 e. The molecule has 6 nitrogen and oxygen atoms in total. The smallest absolute Gasteiger partial charge is 0.274 e. The number of hydrogen-bond donors (Lipinski definition) is 1. The molecule has 0 saturated carbocycles. The number of carbonyl (C=O) groups excluding carboxylic acids is 1. The molecule has 0 radical (unpaired) electrons. The van der Waals surface area contributed by atoms with Gasteiger partial charge in [0.15, 0.2) is 0 Å². The zero-order valence-corrected chi connectivity index (χ0v) is 13.0. The fourth-order valence-corrected chi connectivity index (χ4v) is 2.47. The molecule has 3 rings (SSSR count). The van der Waals surface area contributed by atoms with E-state index in [4.69, 9.17) is 5.26 Å². The molecule has 0 aliphatic carbocycles. The zero-order chi connectivity index (χ0) is 17.1. The minimum Gasteiger partial charge on any atom is -0.346 e. The number of aromatic nitrogens is 2. The Kier molecular flexibility index (Phi) is 4.08. The largest absolute Gasteiger partial charge is 0.346 e. The lowest BCUT2D eigenvalue weighted by Gasteiger charge is -2.09. The Morgan fingerprint density at radius 2 is 1.83 bits per heavy atom. The Morgan fingerprint density at radius 3 is 2.50 bits per heavy atom. The van der Waals surface area contributed by atoms with Crippen molar-refractivity contribution in [1.82, 2.24) is 15.1 Å². The molecule has 118 valence electrons. The summed E-state index contributed by atoms with van der Waals surface area (Å²) in [7, 11) is 1.58. The van der Waals surface area contributed by atoms with Crippen LogP contribution in [-0.2, 0) is 13.6 Å². The third-order valence-corrected chi connectivity index (χ3v) is 3.73. The normalized spacial score (nSPS) is 10.3. The SMILES string of the molecule is Cn1nc(CNC(=O)c2ccc(C#N)cc2)c2ccccc2c1=O. The number of hydrogen-bond acceptors (Lipinski definition) is 4. The first-order valence-corrected chi connectivity index (χ1v) is 7.33. The van der Waals surface area contributed by atoms with Gasteiger partial charge in [0.25, 0.3) is 11.5 Å². The van der Waals surface area contributed by atoms with Crippen LogP contribution in [0, 0.1) is 11.3 Å². The molecule has 0 atom stereocenters. The van der Waals surface area contributed by atoms with Gasteiger partial charge in [-0.25, -0.2) is 4.68 Å². The van der Waals surface area contributed by atoms with Crippen LogP contribution in [-0.4, -0.2) is 15.7 Å². The van der Waals surface area contributed by atoms with Gasteiger partial charge in [-0.05, 0) is 30.3 Å². The Morgan fingerprint density at radius 1 is 1.17 bits per heavy atom. The second-order valence-corrected chi connectivity index (χ2v) is 5.29.